The molecule has 0 radical (unpaired) electrons. The van der Waals surface area contributed by atoms with Gasteiger partial charge in [0.2, 0.25) is 11.8 Å². The molecule has 242 valence electrons. The van der Waals surface area contributed by atoms with E-state index in [2.05, 4.69) is 5.32 Å². The largest absolute Gasteiger partial charge is 0.416 e. The molecule has 0 spiro atoms. The minimum Gasteiger partial charge on any atom is -0.352 e. The Balaban J connectivity index is 1.74. The lowest BCUT2D eigenvalue weighted by atomic mass is 9.95. The first-order valence-corrected chi connectivity index (χ1v) is 16.7. The van der Waals surface area contributed by atoms with E-state index >= 15 is 0 Å². The van der Waals surface area contributed by atoms with Crippen LogP contribution in [-0.2, 0) is 32.3 Å². The van der Waals surface area contributed by atoms with Crippen molar-refractivity contribution in [3.05, 3.63) is 93.5 Å². The Morgan fingerprint density at radius 2 is 1.62 bits per heavy atom. The van der Waals surface area contributed by atoms with E-state index in [9.17, 15) is 31.2 Å². The molecular weight excluding hydrogens is 650 g/mol. The highest BCUT2D eigenvalue weighted by atomic mass is 35.5. The topological polar surface area (TPSA) is 86.8 Å². The second-order valence-corrected chi connectivity index (χ2v) is 13.8. The summed E-state index contributed by atoms with van der Waals surface area (Å²) >= 11 is 12.3. The van der Waals surface area contributed by atoms with Crippen molar-refractivity contribution < 1.29 is 31.2 Å². The Kier molecular flexibility index (Phi) is 11.1. The molecule has 1 N–H and O–H groups in total. The average molecular weight is 685 g/mol. The summed E-state index contributed by atoms with van der Waals surface area (Å²) in [7, 11) is -4.54. The fourth-order valence-electron chi connectivity index (χ4n) is 5.19. The van der Waals surface area contributed by atoms with E-state index in [1.165, 1.54) is 42.2 Å². The van der Waals surface area contributed by atoms with Gasteiger partial charge in [0.05, 0.1) is 26.2 Å². The van der Waals surface area contributed by atoms with Crippen molar-refractivity contribution in [1.29, 1.82) is 0 Å². The van der Waals surface area contributed by atoms with E-state index < -0.39 is 46.2 Å². The Bertz CT molecular complexity index is 1630. The first kappa shape index (κ1) is 34.6. The van der Waals surface area contributed by atoms with Crippen LogP contribution in [0.5, 0.6) is 0 Å². The number of alkyl halides is 3. The molecule has 0 aromatic heterocycles. The minimum absolute atomic E-state index is 0.0563. The summed E-state index contributed by atoms with van der Waals surface area (Å²) in [5, 5.41) is 3.49. The minimum atomic E-state index is -4.76. The Hall–Kier alpha value is -3.28. The third-order valence-corrected chi connectivity index (χ3v) is 10.3. The molecule has 45 heavy (non-hydrogen) atoms. The predicted octanol–water partition coefficient (Wildman–Crippen LogP) is 7.38. The summed E-state index contributed by atoms with van der Waals surface area (Å²) in [4.78, 5) is 28.5. The number of sulfonamides is 1. The van der Waals surface area contributed by atoms with Crippen LogP contribution in [0.4, 0.5) is 18.9 Å². The van der Waals surface area contributed by atoms with E-state index in [-0.39, 0.29) is 33.2 Å². The molecule has 0 heterocycles. The number of nitrogens with zero attached hydrogens (tertiary/aromatic N) is 2. The monoisotopic (exact) mass is 683 g/mol. The molecule has 0 bridgehead atoms. The van der Waals surface area contributed by atoms with E-state index in [4.69, 9.17) is 23.2 Å². The van der Waals surface area contributed by atoms with Crippen molar-refractivity contribution in [3.8, 4) is 0 Å². The van der Waals surface area contributed by atoms with Gasteiger partial charge in [0, 0.05) is 12.6 Å². The van der Waals surface area contributed by atoms with Gasteiger partial charge < -0.3 is 10.2 Å². The molecule has 7 nitrogen and oxygen atoms in total. The van der Waals surface area contributed by atoms with E-state index in [0.717, 1.165) is 49.8 Å². The lowest BCUT2D eigenvalue weighted by molar-refractivity contribution is -0.139. The highest BCUT2D eigenvalue weighted by Gasteiger charge is 2.35. The van der Waals surface area contributed by atoms with Crippen LogP contribution in [0, 0.1) is 6.92 Å². The zero-order chi connectivity index (χ0) is 32.9. The number of hydrogen-bond acceptors (Lipinski definition) is 4. The third-order valence-electron chi connectivity index (χ3n) is 7.81. The fraction of sp³-hybridized carbons (Fsp3) is 0.375. The van der Waals surface area contributed by atoms with Crippen LogP contribution in [0.1, 0.15) is 55.7 Å². The zero-order valence-corrected chi connectivity index (χ0v) is 27.1. The van der Waals surface area contributed by atoms with Gasteiger partial charge in [-0.25, -0.2) is 8.42 Å². The Morgan fingerprint density at radius 3 is 2.24 bits per heavy atom. The van der Waals surface area contributed by atoms with Crippen LogP contribution in [0.3, 0.4) is 0 Å². The maximum absolute atomic E-state index is 14.1. The molecule has 13 heteroatoms. The normalized spacial score (nSPS) is 14.9. The number of carbonyl (C=O) groups excluding carboxylic acids is 2. The fourth-order valence-corrected chi connectivity index (χ4v) is 6.92. The van der Waals surface area contributed by atoms with Gasteiger partial charge in [0.15, 0.2) is 0 Å². The maximum Gasteiger partial charge on any atom is 0.416 e. The summed E-state index contributed by atoms with van der Waals surface area (Å²) in [6.07, 6.45) is -0.146. The molecule has 0 aliphatic heterocycles. The molecule has 1 aliphatic carbocycles. The van der Waals surface area contributed by atoms with E-state index in [1.54, 1.807) is 25.1 Å². The zero-order valence-electron chi connectivity index (χ0n) is 24.8. The number of nitrogens with one attached hydrogen (secondary N) is 1. The molecule has 1 aliphatic rings. The number of aryl methyl sites for hydroxylation is 1. The number of carbonyl (C=O) groups is 2. The van der Waals surface area contributed by atoms with Crippen LogP contribution in [0.15, 0.2) is 71.6 Å². The first-order chi connectivity index (χ1) is 21.2. The molecule has 2 amide bonds. The second kappa shape index (κ2) is 14.4. The van der Waals surface area contributed by atoms with Crippen LogP contribution in [-0.4, -0.2) is 43.8 Å². The van der Waals surface area contributed by atoms with Gasteiger partial charge in [-0.2, -0.15) is 13.2 Å². The third kappa shape index (κ3) is 8.71. The maximum atomic E-state index is 14.1. The first-order valence-electron chi connectivity index (χ1n) is 14.5. The second-order valence-electron chi connectivity index (χ2n) is 11.2. The highest BCUT2D eigenvalue weighted by Crippen LogP contribution is 2.33. The van der Waals surface area contributed by atoms with Crippen molar-refractivity contribution in [2.75, 3.05) is 10.8 Å². The summed E-state index contributed by atoms with van der Waals surface area (Å²) in [5.74, 6) is -1.23. The average Bonchev–Trinajstić information content (AvgIpc) is 3.00. The molecule has 0 saturated heterocycles. The molecule has 1 fully saturated rings. The van der Waals surface area contributed by atoms with Crippen molar-refractivity contribution >= 4 is 50.7 Å². The Morgan fingerprint density at radius 1 is 0.956 bits per heavy atom. The Labute approximate surface area is 271 Å². The number of hydrogen-bond donors (Lipinski definition) is 1. The molecule has 1 saturated carbocycles. The summed E-state index contributed by atoms with van der Waals surface area (Å²) < 4.78 is 69.5. The van der Waals surface area contributed by atoms with Gasteiger partial charge in [-0.15, -0.1) is 0 Å². The van der Waals surface area contributed by atoms with Gasteiger partial charge in [-0.3, -0.25) is 13.9 Å². The smallest absolute Gasteiger partial charge is 0.352 e. The van der Waals surface area contributed by atoms with Gasteiger partial charge in [0.25, 0.3) is 10.0 Å². The molecule has 1 atom stereocenters. The molecule has 0 unspecified atom stereocenters. The van der Waals surface area contributed by atoms with Crippen molar-refractivity contribution in [1.82, 2.24) is 10.2 Å². The SMILES string of the molecule is Cc1ccc(S(=O)(=O)N(CC(=O)N(Cc2ccc(Cl)c(Cl)c2)[C@@H](C)C(=O)NC2CCCCC2)c2cccc(C(F)(F)F)c2)cc1. The van der Waals surface area contributed by atoms with Gasteiger partial charge >= 0.3 is 6.18 Å². The van der Waals surface area contributed by atoms with E-state index in [0.29, 0.717) is 15.9 Å². The van der Waals surface area contributed by atoms with Crippen molar-refractivity contribution in [2.45, 2.75) is 75.7 Å². The summed E-state index contributed by atoms with van der Waals surface area (Å²) in [6.45, 7) is 2.26. The van der Waals surface area contributed by atoms with Crippen LogP contribution in [0.2, 0.25) is 10.0 Å². The van der Waals surface area contributed by atoms with Crippen LogP contribution < -0.4 is 9.62 Å². The molecule has 3 aromatic carbocycles. The lowest BCUT2D eigenvalue weighted by Crippen LogP contribution is -2.53. The standard InChI is InChI=1S/C32H34Cl2F3N3O4S/c1-21-11-14-27(15-12-21)45(43,44)40(26-10-6-7-24(18-26)32(35,36)37)20-30(41)39(19-23-13-16-28(33)29(34)17-23)22(2)31(42)38-25-8-4-3-5-9-25/h6-7,10-18,22,25H,3-5,8-9,19-20H2,1-2H3,(H,38,42)/t22-/m0/s1. The highest BCUT2D eigenvalue weighted by molar-refractivity contribution is 7.92. The molecule has 4 rings (SSSR count). The summed E-state index contributed by atoms with van der Waals surface area (Å²) in [6, 6.07) is 13.1. The van der Waals surface area contributed by atoms with Crippen molar-refractivity contribution in [3.63, 3.8) is 0 Å². The quantitative estimate of drug-likeness (QED) is 0.242. The number of rotatable bonds is 10. The number of benzene rings is 3. The van der Waals surface area contributed by atoms with E-state index in [1.807, 2.05) is 0 Å². The van der Waals surface area contributed by atoms with Crippen LogP contribution >= 0.6 is 23.2 Å². The lowest BCUT2D eigenvalue weighted by Gasteiger charge is -2.33. The predicted molar refractivity (Wildman–Crippen MR) is 169 cm³/mol. The van der Waals surface area contributed by atoms with Gasteiger partial charge in [-0.05, 0) is 74.7 Å². The van der Waals surface area contributed by atoms with Crippen molar-refractivity contribution in [2.24, 2.45) is 0 Å². The van der Waals surface area contributed by atoms with Gasteiger partial charge in [-0.1, -0.05) is 72.3 Å². The number of anilines is 1. The van der Waals surface area contributed by atoms with Crippen LogP contribution in [0.25, 0.3) is 0 Å². The number of amides is 2. The molecular formula is C32H34Cl2F3N3O4S. The molecule has 3 aromatic rings. The van der Waals surface area contributed by atoms with Gasteiger partial charge in [0.1, 0.15) is 12.6 Å². The summed E-state index contributed by atoms with van der Waals surface area (Å²) in [5.41, 5.74) is -0.152. The number of halogens is 5.